The molecule has 0 atom stereocenters. The van der Waals surface area contributed by atoms with Gasteiger partial charge in [0.05, 0.1) is 17.8 Å². The van der Waals surface area contributed by atoms with Crippen LogP contribution in [0.5, 0.6) is 0 Å². The number of anilines is 1. The van der Waals surface area contributed by atoms with Gasteiger partial charge >= 0.3 is 0 Å². The molecule has 0 unspecified atom stereocenters. The number of nitrogens with zero attached hydrogens (tertiary/aromatic N) is 1. The molecule has 21 heavy (non-hydrogen) atoms. The fourth-order valence-corrected chi connectivity index (χ4v) is 3.06. The van der Waals surface area contributed by atoms with Crippen molar-refractivity contribution in [3.05, 3.63) is 62.8 Å². The summed E-state index contributed by atoms with van der Waals surface area (Å²) >= 11 is 9.36. The van der Waals surface area contributed by atoms with Crippen molar-refractivity contribution in [3.63, 3.8) is 0 Å². The number of carbonyl (C=O) groups is 2. The van der Waals surface area contributed by atoms with Gasteiger partial charge in [-0.3, -0.25) is 14.5 Å². The van der Waals surface area contributed by atoms with Crippen LogP contribution in [0.3, 0.4) is 0 Å². The second kappa shape index (κ2) is 5.24. The monoisotopic (exact) mass is 367 g/mol. The summed E-state index contributed by atoms with van der Waals surface area (Å²) in [6.45, 7) is 0.0385. The van der Waals surface area contributed by atoms with Gasteiger partial charge in [-0.05, 0) is 51.8 Å². The maximum atomic E-state index is 13.3. The van der Waals surface area contributed by atoms with Gasteiger partial charge in [-0.15, -0.1) is 0 Å². The first-order valence-corrected chi connectivity index (χ1v) is 7.25. The lowest BCUT2D eigenvalue weighted by atomic mass is 10.1. The minimum Gasteiger partial charge on any atom is -0.299 e. The Morgan fingerprint density at radius 3 is 2.71 bits per heavy atom. The lowest BCUT2D eigenvalue weighted by Crippen LogP contribution is -2.29. The van der Waals surface area contributed by atoms with Crippen LogP contribution in [0.25, 0.3) is 0 Å². The molecule has 3 rings (SSSR count). The smallest absolute Gasteiger partial charge is 0.299 e. The van der Waals surface area contributed by atoms with Gasteiger partial charge in [-0.1, -0.05) is 17.7 Å². The van der Waals surface area contributed by atoms with Crippen molar-refractivity contribution >= 4 is 44.9 Å². The van der Waals surface area contributed by atoms with Crippen LogP contribution >= 0.6 is 27.5 Å². The Hall–Kier alpha value is -1.72. The summed E-state index contributed by atoms with van der Waals surface area (Å²) in [4.78, 5) is 25.4. The van der Waals surface area contributed by atoms with Gasteiger partial charge < -0.3 is 0 Å². The van der Waals surface area contributed by atoms with Crippen molar-refractivity contribution in [2.24, 2.45) is 0 Å². The first-order chi connectivity index (χ1) is 9.99. The average Bonchev–Trinajstić information content (AvgIpc) is 2.69. The number of hydrogen-bond donors (Lipinski definition) is 0. The average molecular weight is 369 g/mol. The van der Waals surface area contributed by atoms with E-state index in [0.717, 1.165) is 0 Å². The molecule has 0 saturated carbocycles. The number of amides is 1. The van der Waals surface area contributed by atoms with E-state index >= 15 is 0 Å². The maximum Gasteiger partial charge on any atom is 0.299 e. The Balaban J connectivity index is 2.06. The summed E-state index contributed by atoms with van der Waals surface area (Å²) in [5.41, 5.74) is 1.27. The quantitative estimate of drug-likeness (QED) is 0.752. The molecule has 0 fully saturated rings. The van der Waals surface area contributed by atoms with Crippen molar-refractivity contribution in [1.29, 1.82) is 0 Å². The fraction of sp³-hybridized carbons (Fsp3) is 0.0667. The van der Waals surface area contributed by atoms with Gasteiger partial charge in [0.2, 0.25) is 0 Å². The molecule has 1 aliphatic heterocycles. The van der Waals surface area contributed by atoms with Crippen LogP contribution in [0.2, 0.25) is 5.02 Å². The van der Waals surface area contributed by atoms with Crippen molar-refractivity contribution in [2.45, 2.75) is 6.54 Å². The summed E-state index contributed by atoms with van der Waals surface area (Å²) in [7, 11) is 0. The third-order valence-electron chi connectivity index (χ3n) is 3.28. The summed E-state index contributed by atoms with van der Waals surface area (Å²) in [5, 5.41) is 0.345. The topological polar surface area (TPSA) is 37.4 Å². The van der Waals surface area contributed by atoms with Crippen LogP contribution < -0.4 is 4.90 Å². The van der Waals surface area contributed by atoms with Crippen LogP contribution in [0.15, 0.2) is 40.9 Å². The molecule has 1 amide bonds. The molecule has 2 aromatic rings. The zero-order chi connectivity index (χ0) is 15.1. The summed E-state index contributed by atoms with van der Waals surface area (Å²) < 4.78 is 14.0. The van der Waals surface area contributed by atoms with Crippen molar-refractivity contribution in [2.75, 3.05) is 4.90 Å². The first-order valence-electron chi connectivity index (χ1n) is 6.07. The summed E-state index contributed by atoms with van der Waals surface area (Å²) in [6, 6.07) is 8.95. The van der Waals surface area contributed by atoms with E-state index in [1.54, 1.807) is 18.2 Å². The number of para-hydroxylation sites is 1. The molecule has 0 spiro atoms. The number of halogens is 3. The predicted molar refractivity (Wildman–Crippen MR) is 81.1 cm³/mol. The van der Waals surface area contributed by atoms with Gasteiger partial charge in [-0.25, -0.2) is 4.39 Å². The van der Waals surface area contributed by atoms with E-state index in [2.05, 4.69) is 15.9 Å². The molecule has 2 aromatic carbocycles. The third kappa shape index (κ3) is 2.36. The van der Waals surface area contributed by atoms with Crippen molar-refractivity contribution < 1.29 is 14.0 Å². The molecule has 1 heterocycles. The van der Waals surface area contributed by atoms with E-state index in [0.29, 0.717) is 26.3 Å². The summed E-state index contributed by atoms with van der Waals surface area (Å²) in [6.07, 6.45) is 0. The fourth-order valence-electron chi connectivity index (χ4n) is 2.30. The third-order valence-corrected chi connectivity index (χ3v) is 4.29. The van der Waals surface area contributed by atoms with E-state index in [1.165, 1.54) is 23.1 Å². The normalized spacial score (nSPS) is 13.8. The summed E-state index contributed by atoms with van der Waals surface area (Å²) in [5.74, 6) is -1.66. The zero-order valence-corrected chi connectivity index (χ0v) is 12.9. The van der Waals surface area contributed by atoms with E-state index in [9.17, 15) is 14.0 Å². The highest BCUT2D eigenvalue weighted by molar-refractivity contribution is 9.10. The molecule has 0 bridgehead atoms. The van der Waals surface area contributed by atoms with Crippen LogP contribution in [-0.2, 0) is 11.3 Å². The van der Waals surface area contributed by atoms with Crippen LogP contribution in [0.4, 0.5) is 10.1 Å². The first kappa shape index (κ1) is 14.2. The van der Waals surface area contributed by atoms with E-state index in [4.69, 9.17) is 11.6 Å². The van der Waals surface area contributed by atoms with E-state index in [-0.39, 0.29) is 6.54 Å². The number of ketones is 1. The number of fused-ring (bicyclic) bond motifs is 1. The Bertz CT molecular complexity index is 778. The number of Topliss-reactive ketones (excluding diaryl/α,β-unsaturated/α-hetero) is 1. The van der Waals surface area contributed by atoms with Gasteiger partial charge in [0.15, 0.2) is 0 Å². The van der Waals surface area contributed by atoms with Gasteiger partial charge in [0.25, 0.3) is 11.7 Å². The van der Waals surface area contributed by atoms with Crippen molar-refractivity contribution in [1.82, 2.24) is 0 Å². The Morgan fingerprint density at radius 1 is 1.19 bits per heavy atom. The number of carbonyl (C=O) groups excluding carboxylic acids is 2. The molecule has 0 saturated heterocycles. The molecule has 0 radical (unpaired) electrons. The molecular formula is C15H8BrClFNO2. The zero-order valence-electron chi connectivity index (χ0n) is 10.6. The molecule has 6 heteroatoms. The standard InChI is InChI=1S/C15H8BrClFNO2/c16-11-3-1-2-10-13(11)19(15(21)14(10)20)7-8-6-9(18)4-5-12(8)17/h1-6H,7H2. The van der Waals surface area contributed by atoms with Crippen LogP contribution in [-0.4, -0.2) is 11.7 Å². The SMILES string of the molecule is O=C1C(=O)N(Cc2cc(F)ccc2Cl)c2c(Br)cccc21. The predicted octanol–water partition coefficient (Wildman–Crippen LogP) is 3.97. The molecule has 3 nitrogen and oxygen atoms in total. The number of benzene rings is 2. The Labute approximate surface area is 133 Å². The Morgan fingerprint density at radius 2 is 1.95 bits per heavy atom. The lowest BCUT2D eigenvalue weighted by molar-refractivity contribution is -0.114. The maximum absolute atomic E-state index is 13.3. The Kier molecular flexibility index (Phi) is 3.55. The van der Waals surface area contributed by atoms with Gasteiger partial charge in [0, 0.05) is 9.50 Å². The van der Waals surface area contributed by atoms with Crippen LogP contribution in [0, 0.1) is 5.82 Å². The van der Waals surface area contributed by atoms with Gasteiger partial charge in [-0.2, -0.15) is 0 Å². The highest BCUT2D eigenvalue weighted by Crippen LogP contribution is 2.37. The highest BCUT2D eigenvalue weighted by atomic mass is 79.9. The molecule has 1 aliphatic rings. The highest BCUT2D eigenvalue weighted by Gasteiger charge is 2.37. The van der Waals surface area contributed by atoms with Gasteiger partial charge in [0.1, 0.15) is 5.82 Å². The second-order valence-corrected chi connectivity index (χ2v) is 5.85. The lowest BCUT2D eigenvalue weighted by Gasteiger charge is -2.18. The number of hydrogen-bond acceptors (Lipinski definition) is 2. The molecular weight excluding hydrogens is 361 g/mol. The number of rotatable bonds is 2. The minimum atomic E-state index is -0.641. The van der Waals surface area contributed by atoms with E-state index in [1.807, 2.05) is 0 Å². The molecule has 0 aliphatic carbocycles. The minimum absolute atomic E-state index is 0.0385. The second-order valence-electron chi connectivity index (χ2n) is 4.59. The van der Waals surface area contributed by atoms with Crippen LogP contribution in [0.1, 0.15) is 15.9 Å². The largest absolute Gasteiger partial charge is 0.299 e. The van der Waals surface area contributed by atoms with Crippen molar-refractivity contribution in [3.8, 4) is 0 Å². The molecule has 0 aromatic heterocycles. The molecule has 106 valence electrons. The molecule has 0 N–H and O–H groups in total. The van der Waals surface area contributed by atoms with E-state index < -0.39 is 17.5 Å².